The highest BCUT2D eigenvalue weighted by Crippen LogP contribution is 2.29. The molecule has 1 aromatic rings. The third kappa shape index (κ3) is 4.85. The average molecular weight is 356 g/mol. The molecule has 6 nitrogen and oxygen atoms in total. The second kappa shape index (κ2) is 8.89. The molecule has 1 fully saturated rings. The Kier molecular flexibility index (Phi) is 7.51. The molecule has 1 aliphatic carbocycles. The van der Waals surface area contributed by atoms with Gasteiger partial charge in [0.15, 0.2) is 0 Å². The highest BCUT2D eigenvalue weighted by Gasteiger charge is 2.26. The molecule has 2 amide bonds. The van der Waals surface area contributed by atoms with Crippen LogP contribution in [0.15, 0.2) is 18.2 Å². The molecule has 0 heterocycles. The van der Waals surface area contributed by atoms with Gasteiger partial charge in [0, 0.05) is 31.6 Å². The van der Waals surface area contributed by atoms with E-state index in [1.54, 1.807) is 32.3 Å². The van der Waals surface area contributed by atoms with Crippen molar-refractivity contribution in [1.29, 1.82) is 0 Å². The molecule has 2 unspecified atom stereocenters. The van der Waals surface area contributed by atoms with Gasteiger partial charge in [-0.25, -0.2) is 0 Å². The van der Waals surface area contributed by atoms with Crippen LogP contribution >= 0.6 is 12.4 Å². The Labute approximate surface area is 149 Å². The van der Waals surface area contributed by atoms with Gasteiger partial charge in [0.2, 0.25) is 5.91 Å². The number of nitrogens with zero attached hydrogens (tertiary/aromatic N) is 1. The molecule has 134 valence electrons. The molecule has 2 atom stereocenters. The lowest BCUT2D eigenvalue weighted by molar-refractivity contribution is -0.120. The van der Waals surface area contributed by atoms with Gasteiger partial charge in [0.1, 0.15) is 5.75 Å². The summed E-state index contributed by atoms with van der Waals surface area (Å²) < 4.78 is 5.29. The van der Waals surface area contributed by atoms with Crippen molar-refractivity contribution in [2.75, 3.05) is 26.5 Å². The third-order valence-corrected chi connectivity index (χ3v) is 4.20. The second-order valence-electron chi connectivity index (χ2n) is 6.23. The summed E-state index contributed by atoms with van der Waals surface area (Å²) in [6.45, 7) is 0. The Bertz CT molecular complexity index is 592. The van der Waals surface area contributed by atoms with Crippen molar-refractivity contribution >= 4 is 29.9 Å². The van der Waals surface area contributed by atoms with Gasteiger partial charge in [-0.15, -0.1) is 12.4 Å². The number of carbonyl (C=O) groups excluding carboxylic acids is 2. The predicted octanol–water partition coefficient (Wildman–Crippen LogP) is 2.27. The molecular formula is C17H26ClN3O3. The Morgan fingerprint density at radius 2 is 2.00 bits per heavy atom. The molecule has 0 bridgehead atoms. The summed E-state index contributed by atoms with van der Waals surface area (Å²) >= 11 is 0. The molecule has 1 aliphatic rings. The number of nitrogens with one attached hydrogen (secondary N) is 1. The fourth-order valence-corrected chi connectivity index (χ4v) is 2.90. The topological polar surface area (TPSA) is 84.7 Å². The number of halogens is 1. The summed E-state index contributed by atoms with van der Waals surface area (Å²) in [6.07, 6.45) is 3.48. The summed E-state index contributed by atoms with van der Waals surface area (Å²) in [6, 6.07) is 5.12. The number of ether oxygens (including phenoxy) is 1. The quantitative estimate of drug-likeness (QED) is 0.867. The first-order valence-electron chi connectivity index (χ1n) is 7.88. The first-order valence-corrected chi connectivity index (χ1v) is 7.88. The Hall–Kier alpha value is -1.79. The van der Waals surface area contributed by atoms with Crippen LogP contribution in [0.2, 0.25) is 0 Å². The molecule has 3 N–H and O–H groups in total. The van der Waals surface area contributed by atoms with Crippen molar-refractivity contribution in [3.05, 3.63) is 23.8 Å². The van der Waals surface area contributed by atoms with E-state index in [-0.39, 0.29) is 36.2 Å². The Morgan fingerprint density at radius 3 is 2.58 bits per heavy atom. The molecule has 0 radical (unpaired) electrons. The van der Waals surface area contributed by atoms with E-state index >= 15 is 0 Å². The van der Waals surface area contributed by atoms with Crippen LogP contribution in [0.1, 0.15) is 36.0 Å². The minimum absolute atomic E-state index is 0. The summed E-state index contributed by atoms with van der Waals surface area (Å²) in [4.78, 5) is 26.1. The van der Waals surface area contributed by atoms with E-state index in [9.17, 15) is 9.59 Å². The van der Waals surface area contributed by atoms with Crippen LogP contribution in [-0.4, -0.2) is 44.0 Å². The normalized spacial score (nSPS) is 19.8. The van der Waals surface area contributed by atoms with Crippen LogP contribution < -0.4 is 15.8 Å². The Balaban J connectivity index is 0.00000288. The van der Waals surface area contributed by atoms with Gasteiger partial charge in [-0.2, -0.15) is 0 Å². The van der Waals surface area contributed by atoms with E-state index in [4.69, 9.17) is 10.5 Å². The number of nitrogens with two attached hydrogens (primary N) is 1. The molecule has 0 aromatic heterocycles. The molecule has 24 heavy (non-hydrogen) atoms. The van der Waals surface area contributed by atoms with E-state index in [0.29, 0.717) is 23.4 Å². The zero-order valence-corrected chi connectivity index (χ0v) is 15.2. The number of carbonyl (C=O) groups is 2. The first-order chi connectivity index (χ1) is 10.9. The maximum absolute atomic E-state index is 12.5. The van der Waals surface area contributed by atoms with E-state index in [0.717, 1.165) is 19.3 Å². The predicted molar refractivity (Wildman–Crippen MR) is 96.8 cm³/mol. The van der Waals surface area contributed by atoms with Crippen molar-refractivity contribution in [3.8, 4) is 5.75 Å². The number of anilines is 1. The van der Waals surface area contributed by atoms with Crippen molar-refractivity contribution in [1.82, 2.24) is 4.90 Å². The zero-order chi connectivity index (χ0) is 17.0. The minimum atomic E-state index is -0.122. The fourth-order valence-electron chi connectivity index (χ4n) is 2.90. The van der Waals surface area contributed by atoms with Crippen LogP contribution in [-0.2, 0) is 4.79 Å². The number of rotatable bonds is 4. The van der Waals surface area contributed by atoms with E-state index in [1.807, 2.05) is 0 Å². The van der Waals surface area contributed by atoms with Gasteiger partial charge in [-0.1, -0.05) is 6.42 Å². The Morgan fingerprint density at radius 1 is 1.29 bits per heavy atom. The minimum Gasteiger partial charge on any atom is -0.495 e. The first kappa shape index (κ1) is 20.3. The van der Waals surface area contributed by atoms with Crippen LogP contribution in [0.25, 0.3) is 0 Å². The maximum atomic E-state index is 12.5. The maximum Gasteiger partial charge on any atom is 0.253 e. The van der Waals surface area contributed by atoms with Gasteiger partial charge in [0.25, 0.3) is 5.91 Å². The van der Waals surface area contributed by atoms with E-state index < -0.39 is 0 Å². The number of benzene rings is 1. The van der Waals surface area contributed by atoms with Crippen LogP contribution in [0, 0.1) is 5.92 Å². The van der Waals surface area contributed by atoms with Crippen LogP contribution in [0.4, 0.5) is 5.69 Å². The summed E-state index contributed by atoms with van der Waals surface area (Å²) in [5.74, 6) is 0.265. The standard InChI is InChI=1S/C17H25N3O3.ClH/c1-20(2)17(22)12-7-8-15(23-3)14(10-12)19-16(21)11-5-4-6-13(18)9-11;/h7-8,10-11,13H,4-6,9,18H2,1-3H3,(H,19,21);1H. The summed E-state index contributed by atoms with van der Waals surface area (Å²) in [7, 11) is 4.91. The van der Waals surface area contributed by atoms with Gasteiger partial charge in [-0.05, 0) is 37.5 Å². The SMILES string of the molecule is COc1ccc(C(=O)N(C)C)cc1NC(=O)C1CCCC(N)C1.Cl. The van der Waals surface area contributed by atoms with Gasteiger partial charge < -0.3 is 20.7 Å². The number of amides is 2. The molecule has 7 heteroatoms. The smallest absolute Gasteiger partial charge is 0.253 e. The van der Waals surface area contributed by atoms with E-state index in [2.05, 4.69) is 5.32 Å². The van der Waals surface area contributed by atoms with Crippen molar-refractivity contribution in [3.63, 3.8) is 0 Å². The monoisotopic (exact) mass is 355 g/mol. The highest BCUT2D eigenvalue weighted by atomic mass is 35.5. The van der Waals surface area contributed by atoms with Crippen LogP contribution in [0.5, 0.6) is 5.75 Å². The zero-order valence-electron chi connectivity index (χ0n) is 14.4. The summed E-state index contributed by atoms with van der Waals surface area (Å²) in [5, 5.41) is 2.90. The molecule has 0 spiro atoms. The van der Waals surface area contributed by atoms with Crippen molar-refractivity contribution in [2.45, 2.75) is 31.7 Å². The number of methoxy groups -OCH3 is 1. The molecule has 0 aliphatic heterocycles. The van der Waals surface area contributed by atoms with E-state index in [1.165, 1.54) is 12.0 Å². The lowest BCUT2D eigenvalue weighted by Gasteiger charge is -2.26. The second-order valence-corrected chi connectivity index (χ2v) is 6.23. The fraction of sp³-hybridized carbons (Fsp3) is 0.529. The lowest BCUT2D eigenvalue weighted by Crippen LogP contribution is -2.34. The molecule has 2 rings (SSSR count). The molecule has 0 saturated heterocycles. The largest absolute Gasteiger partial charge is 0.495 e. The van der Waals surface area contributed by atoms with Gasteiger partial charge in [-0.3, -0.25) is 9.59 Å². The average Bonchev–Trinajstić information content (AvgIpc) is 2.53. The molecular weight excluding hydrogens is 330 g/mol. The molecule has 1 saturated carbocycles. The van der Waals surface area contributed by atoms with Crippen molar-refractivity contribution < 1.29 is 14.3 Å². The summed E-state index contributed by atoms with van der Waals surface area (Å²) in [5.41, 5.74) is 6.98. The van der Waals surface area contributed by atoms with Crippen LogP contribution in [0.3, 0.4) is 0 Å². The van der Waals surface area contributed by atoms with Gasteiger partial charge >= 0.3 is 0 Å². The van der Waals surface area contributed by atoms with Gasteiger partial charge in [0.05, 0.1) is 12.8 Å². The number of hydrogen-bond donors (Lipinski definition) is 2. The van der Waals surface area contributed by atoms with Crippen molar-refractivity contribution in [2.24, 2.45) is 11.7 Å². The number of hydrogen-bond acceptors (Lipinski definition) is 4. The molecule has 1 aromatic carbocycles. The highest BCUT2D eigenvalue weighted by molar-refractivity contribution is 5.98. The third-order valence-electron chi connectivity index (χ3n) is 4.20. The lowest BCUT2D eigenvalue weighted by atomic mass is 9.85.